The number of carbonyl (C=O) groups is 2. The van der Waals surface area contributed by atoms with Crippen LogP contribution in [0.1, 0.15) is 28.4 Å². The van der Waals surface area contributed by atoms with Gasteiger partial charge in [-0.1, -0.05) is 0 Å². The zero-order valence-corrected chi connectivity index (χ0v) is 19.9. The van der Waals surface area contributed by atoms with Crippen LogP contribution in [0.4, 0.5) is 5.69 Å². The molecule has 6 rings (SSSR count). The van der Waals surface area contributed by atoms with Crippen molar-refractivity contribution >= 4 is 45.7 Å². The Bertz CT molecular complexity index is 1590. The van der Waals surface area contributed by atoms with Crippen LogP contribution in [0.15, 0.2) is 67.1 Å². The van der Waals surface area contributed by atoms with Crippen LogP contribution < -0.4 is 5.32 Å². The van der Waals surface area contributed by atoms with E-state index in [4.69, 9.17) is 11.6 Å². The third kappa shape index (κ3) is 3.97. The number of amides is 2. The van der Waals surface area contributed by atoms with E-state index in [9.17, 15) is 9.59 Å². The lowest BCUT2D eigenvalue weighted by Crippen LogP contribution is -2.28. The summed E-state index contributed by atoms with van der Waals surface area (Å²) in [6.45, 7) is 1.29. The van der Waals surface area contributed by atoms with E-state index >= 15 is 0 Å². The first-order valence-corrected chi connectivity index (χ1v) is 12.2. The zero-order chi connectivity index (χ0) is 24.6. The van der Waals surface area contributed by atoms with Crippen molar-refractivity contribution in [2.45, 2.75) is 12.3 Å². The Morgan fingerprint density at radius 1 is 1.08 bits per heavy atom. The highest BCUT2D eigenvalue weighted by atomic mass is 35.5. The topological polar surface area (TPSA) is 108 Å². The highest BCUT2D eigenvalue weighted by Gasteiger charge is 2.29. The summed E-state index contributed by atoms with van der Waals surface area (Å²) in [5.74, 6) is -0.241. The minimum atomic E-state index is -0.285. The van der Waals surface area contributed by atoms with Gasteiger partial charge in [0.25, 0.3) is 5.91 Å². The molecule has 5 heterocycles. The molecule has 4 aromatic heterocycles. The molecule has 2 amide bonds. The van der Waals surface area contributed by atoms with E-state index in [2.05, 4.69) is 31.5 Å². The molecular weight excluding hydrogens is 478 g/mol. The van der Waals surface area contributed by atoms with Crippen LogP contribution in [0.2, 0.25) is 0 Å². The number of hydrogen-bond acceptors (Lipinski definition) is 5. The van der Waals surface area contributed by atoms with Gasteiger partial charge in [-0.05, 0) is 60.5 Å². The van der Waals surface area contributed by atoms with Gasteiger partial charge >= 0.3 is 0 Å². The molecule has 10 heteroatoms. The lowest BCUT2D eigenvalue weighted by molar-refractivity contribution is -0.113. The Balaban J connectivity index is 1.22. The first-order chi connectivity index (χ1) is 17.6. The Morgan fingerprint density at radius 3 is 2.78 bits per heavy atom. The number of hydrogen-bond donors (Lipinski definition) is 2. The van der Waals surface area contributed by atoms with E-state index < -0.39 is 0 Å². The Hall–Kier alpha value is -4.24. The summed E-state index contributed by atoms with van der Waals surface area (Å²) in [5, 5.41) is 12.3. The normalized spacial score (nSPS) is 15.6. The third-order valence-electron chi connectivity index (χ3n) is 6.60. The van der Waals surface area contributed by atoms with Crippen molar-refractivity contribution in [3.05, 3.63) is 78.4 Å². The summed E-state index contributed by atoms with van der Waals surface area (Å²) >= 11 is 5.53. The van der Waals surface area contributed by atoms with E-state index in [1.54, 1.807) is 41.3 Å². The summed E-state index contributed by atoms with van der Waals surface area (Å²) in [6, 6.07) is 14.9. The molecule has 9 nitrogen and oxygen atoms in total. The largest absolute Gasteiger partial charge is 0.343 e. The van der Waals surface area contributed by atoms with Crippen LogP contribution in [0.25, 0.3) is 27.7 Å². The molecule has 180 valence electrons. The maximum Gasteiger partial charge on any atom is 0.253 e. The standard InChI is InChI=1S/C26H22ClN7O2/c27-13-24(35)31-18-5-3-16(4-6-18)26(36)33-11-8-17(15-33)22-12-20-19(7-10-28-25(20)32-22)21-14-30-34-23(21)2-1-9-29-34/h1-7,9-10,12,14,17H,8,11,13,15H2,(H,28,32)(H,31,35). The molecule has 0 radical (unpaired) electrons. The molecule has 2 N–H and O–H groups in total. The predicted molar refractivity (Wildman–Crippen MR) is 137 cm³/mol. The second kappa shape index (κ2) is 9.09. The van der Waals surface area contributed by atoms with Crippen LogP contribution in [-0.4, -0.2) is 60.5 Å². The van der Waals surface area contributed by atoms with E-state index in [1.165, 1.54) is 0 Å². The molecule has 1 unspecified atom stereocenters. The number of likely N-dealkylation sites (tertiary alicyclic amines) is 1. The highest BCUT2D eigenvalue weighted by molar-refractivity contribution is 6.29. The number of H-pyrrole nitrogens is 1. The second-order valence-corrected chi connectivity index (χ2v) is 9.07. The lowest BCUT2D eigenvalue weighted by atomic mass is 10.0. The molecule has 1 aliphatic heterocycles. The van der Waals surface area contributed by atoms with Crippen LogP contribution in [0.3, 0.4) is 0 Å². The van der Waals surface area contributed by atoms with E-state index in [0.29, 0.717) is 24.3 Å². The average molecular weight is 500 g/mol. The summed E-state index contributed by atoms with van der Waals surface area (Å²) in [4.78, 5) is 34.4. The van der Waals surface area contributed by atoms with Crippen molar-refractivity contribution < 1.29 is 9.59 Å². The summed E-state index contributed by atoms with van der Waals surface area (Å²) in [5.41, 5.74) is 6.03. The fourth-order valence-electron chi connectivity index (χ4n) is 4.81. The van der Waals surface area contributed by atoms with Crippen molar-refractivity contribution in [2.24, 2.45) is 0 Å². The molecule has 0 bridgehead atoms. The van der Waals surface area contributed by atoms with Crippen LogP contribution in [0.5, 0.6) is 0 Å². The smallest absolute Gasteiger partial charge is 0.253 e. The van der Waals surface area contributed by atoms with Gasteiger partial charge in [0.1, 0.15) is 11.5 Å². The molecule has 1 aromatic carbocycles. The van der Waals surface area contributed by atoms with Gasteiger partial charge < -0.3 is 15.2 Å². The number of carbonyl (C=O) groups excluding carboxylic acids is 2. The number of alkyl halides is 1. The minimum Gasteiger partial charge on any atom is -0.343 e. The van der Waals surface area contributed by atoms with Gasteiger partial charge in [0.2, 0.25) is 5.91 Å². The number of nitrogens with one attached hydrogen (secondary N) is 2. The summed E-state index contributed by atoms with van der Waals surface area (Å²) in [6.07, 6.45) is 6.19. The summed E-state index contributed by atoms with van der Waals surface area (Å²) < 4.78 is 1.62. The van der Waals surface area contributed by atoms with Gasteiger partial charge in [0.15, 0.2) is 0 Å². The first-order valence-electron chi connectivity index (χ1n) is 11.6. The van der Waals surface area contributed by atoms with E-state index in [1.807, 2.05) is 29.3 Å². The SMILES string of the molecule is O=C(CCl)Nc1ccc(C(=O)N2CCC(c3cc4c(-c5cnn6ncccc56)ccnc4[nH]3)C2)cc1. The van der Waals surface area contributed by atoms with Gasteiger partial charge in [-0.3, -0.25) is 9.59 Å². The minimum absolute atomic E-state index is 0.0264. The number of aromatic nitrogens is 5. The number of aromatic amines is 1. The molecular formula is C26H22ClN7O2. The lowest BCUT2D eigenvalue weighted by Gasteiger charge is -2.16. The Kier molecular flexibility index (Phi) is 5.61. The van der Waals surface area contributed by atoms with Crippen LogP contribution in [0, 0.1) is 0 Å². The fourth-order valence-corrected chi connectivity index (χ4v) is 4.88. The summed E-state index contributed by atoms with van der Waals surface area (Å²) in [7, 11) is 0. The number of halogens is 1. The Labute approximate surface area is 211 Å². The third-order valence-corrected chi connectivity index (χ3v) is 6.84. The van der Waals surface area contributed by atoms with Crippen LogP contribution in [-0.2, 0) is 4.79 Å². The Morgan fingerprint density at radius 2 is 1.94 bits per heavy atom. The molecule has 5 aromatic rings. The predicted octanol–water partition coefficient (Wildman–Crippen LogP) is 4.08. The van der Waals surface area contributed by atoms with Gasteiger partial charge in [0.05, 0.1) is 11.7 Å². The van der Waals surface area contributed by atoms with Crippen molar-refractivity contribution in [3.8, 4) is 11.1 Å². The van der Waals surface area contributed by atoms with Gasteiger partial charge in [0, 0.05) is 59.3 Å². The van der Waals surface area contributed by atoms with E-state index in [0.717, 1.165) is 39.8 Å². The average Bonchev–Trinajstić information content (AvgIpc) is 3.66. The molecule has 1 atom stereocenters. The number of fused-ring (bicyclic) bond motifs is 2. The molecule has 1 aliphatic rings. The van der Waals surface area contributed by atoms with Gasteiger partial charge in [-0.25, -0.2) is 4.98 Å². The molecule has 36 heavy (non-hydrogen) atoms. The van der Waals surface area contributed by atoms with Crippen molar-refractivity contribution in [1.82, 2.24) is 29.7 Å². The number of benzene rings is 1. The maximum absolute atomic E-state index is 13.1. The fraction of sp³-hybridized carbons (Fsp3) is 0.192. The second-order valence-electron chi connectivity index (χ2n) is 8.80. The van der Waals surface area contributed by atoms with Gasteiger partial charge in [-0.15, -0.1) is 11.6 Å². The number of nitrogens with zero attached hydrogens (tertiary/aromatic N) is 5. The monoisotopic (exact) mass is 499 g/mol. The molecule has 0 spiro atoms. The molecule has 0 aliphatic carbocycles. The van der Waals surface area contributed by atoms with E-state index in [-0.39, 0.29) is 23.6 Å². The number of pyridine rings is 1. The number of rotatable bonds is 5. The van der Waals surface area contributed by atoms with Crippen molar-refractivity contribution in [1.29, 1.82) is 0 Å². The molecule has 1 saturated heterocycles. The maximum atomic E-state index is 13.1. The highest BCUT2D eigenvalue weighted by Crippen LogP contribution is 2.35. The van der Waals surface area contributed by atoms with Crippen molar-refractivity contribution in [2.75, 3.05) is 24.3 Å². The van der Waals surface area contributed by atoms with Crippen LogP contribution >= 0.6 is 11.6 Å². The molecule has 1 fully saturated rings. The molecule has 0 saturated carbocycles. The van der Waals surface area contributed by atoms with Crippen molar-refractivity contribution in [3.63, 3.8) is 0 Å². The number of anilines is 1. The zero-order valence-electron chi connectivity index (χ0n) is 19.2. The van der Waals surface area contributed by atoms with Gasteiger partial charge in [-0.2, -0.15) is 14.8 Å². The quantitative estimate of drug-likeness (QED) is 0.354. The first kappa shape index (κ1) is 22.2.